The van der Waals surface area contributed by atoms with Crippen LogP contribution in [0.15, 0.2) is 36.5 Å². The lowest BCUT2D eigenvalue weighted by Gasteiger charge is -2.17. The Morgan fingerprint density at radius 1 is 0.543 bits per heavy atom. The van der Waals surface area contributed by atoms with E-state index >= 15 is 0 Å². The lowest BCUT2D eigenvalue weighted by atomic mass is 9.90. The second kappa shape index (κ2) is 6.80. The first kappa shape index (κ1) is 20.7. The van der Waals surface area contributed by atoms with Gasteiger partial charge in [-0.15, -0.1) is 0 Å². The zero-order valence-electron chi connectivity index (χ0n) is 18.6. The molecule has 0 aliphatic rings. The summed E-state index contributed by atoms with van der Waals surface area (Å²) >= 11 is 0. The van der Waals surface area contributed by atoms with Gasteiger partial charge >= 0.3 is 0 Å². The van der Waals surface area contributed by atoms with Gasteiger partial charge in [-0.05, 0) is 32.0 Å². The summed E-state index contributed by atoms with van der Waals surface area (Å²) in [5, 5.41) is 66.5. The van der Waals surface area contributed by atoms with Crippen LogP contribution in [0.5, 0.6) is 34.5 Å². The van der Waals surface area contributed by atoms with E-state index in [9.17, 15) is 30.6 Å². The van der Waals surface area contributed by atoms with E-state index in [4.69, 9.17) is 0 Å². The minimum atomic E-state index is -0.570. The number of fused-ring (bicyclic) bond motifs is 3. The highest BCUT2D eigenvalue weighted by Crippen LogP contribution is 2.56. The Morgan fingerprint density at radius 3 is 1.54 bits per heavy atom. The van der Waals surface area contributed by atoms with Gasteiger partial charge < -0.3 is 45.6 Å². The molecule has 0 spiro atoms. The Labute approximate surface area is 197 Å². The van der Waals surface area contributed by atoms with Crippen LogP contribution in [0.2, 0.25) is 0 Å². The minimum absolute atomic E-state index is 0.0739. The van der Waals surface area contributed by atoms with Crippen LogP contribution in [0.4, 0.5) is 0 Å². The maximum Gasteiger partial charge on any atom is 0.168 e. The van der Waals surface area contributed by atoms with E-state index in [1.807, 2.05) is 13.8 Å². The van der Waals surface area contributed by atoms with E-state index in [0.717, 1.165) is 11.4 Å². The van der Waals surface area contributed by atoms with Crippen molar-refractivity contribution in [2.75, 3.05) is 0 Å². The third kappa shape index (κ3) is 2.69. The number of hydrogen-bond donors (Lipinski definition) is 9. The zero-order valence-corrected chi connectivity index (χ0v) is 18.6. The number of aromatic amines is 3. The summed E-state index contributed by atoms with van der Waals surface area (Å²) in [4.78, 5) is 9.24. The van der Waals surface area contributed by atoms with Crippen molar-refractivity contribution in [2.45, 2.75) is 13.8 Å². The average molecular weight is 471 g/mol. The molecule has 0 radical (unpaired) electrons. The molecule has 0 saturated heterocycles. The summed E-state index contributed by atoms with van der Waals surface area (Å²) in [6.45, 7) is 3.64. The van der Waals surface area contributed by atoms with Crippen molar-refractivity contribution < 1.29 is 30.6 Å². The molecule has 9 heteroatoms. The second-order valence-corrected chi connectivity index (χ2v) is 8.78. The summed E-state index contributed by atoms with van der Waals surface area (Å²) in [7, 11) is 0. The molecule has 3 heterocycles. The van der Waals surface area contributed by atoms with E-state index in [1.165, 1.54) is 12.1 Å². The first-order valence-electron chi connectivity index (χ1n) is 10.8. The zero-order chi connectivity index (χ0) is 24.8. The fourth-order valence-electron chi connectivity index (χ4n) is 5.05. The largest absolute Gasteiger partial charge is 0.504 e. The predicted molar refractivity (Wildman–Crippen MR) is 132 cm³/mol. The molecule has 35 heavy (non-hydrogen) atoms. The van der Waals surface area contributed by atoms with Crippen molar-refractivity contribution in [3.63, 3.8) is 0 Å². The van der Waals surface area contributed by atoms with Gasteiger partial charge in [-0.2, -0.15) is 0 Å². The number of aromatic hydroxyl groups is 6. The van der Waals surface area contributed by atoms with Crippen molar-refractivity contribution in [2.24, 2.45) is 0 Å². The molecule has 0 atom stereocenters. The third-order valence-corrected chi connectivity index (χ3v) is 6.49. The van der Waals surface area contributed by atoms with Crippen molar-refractivity contribution in [1.29, 1.82) is 0 Å². The highest BCUT2D eigenvalue weighted by molar-refractivity contribution is 6.17. The lowest BCUT2D eigenvalue weighted by molar-refractivity contribution is 0.400. The van der Waals surface area contributed by atoms with Gasteiger partial charge in [-0.1, -0.05) is 0 Å². The monoisotopic (exact) mass is 471 g/mol. The van der Waals surface area contributed by atoms with Crippen LogP contribution in [0.3, 0.4) is 0 Å². The third-order valence-electron chi connectivity index (χ3n) is 6.49. The normalized spacial score (nSPS) is 11.8. The molecule has 0 bridgehead atoms. The SMILES string of the molecule is Cc1cc2c(-c3c(O)c(O)c(-c4c(O)c(O)cc5[nH]c(C)cc45)c4[nH]ccc34)c(O)c(O)cc2[nH]1. The van der Waals surface area contributed by atoms with Gasteiger partial charge in [-0.25, -0.2) is 0 Å². The van der Waals surface area contributed by atoms with Crippen molar-refractivity contribution in [3.8, 4) is 56.8 Å². The maximum atomic E-state index is 11.3. The Balaban J connectivity index is 1.79. The topological polar surface area (TPSA) is 169 Å². The fourth-order valence-corrected chi connectivity index (χ4v) is 5.05. The molecule has 9 nitrogen and oxygen atoms in total. The average Bonchev–Trinajstić information content (AvgIpc) is 3.51. The number of H-pyrrole nitrogens is 3. The number of nitrogens with one attached hydrogen (secondary N) is 3. The molecule has 176 valence electrons. The van der Waals surface area contributed by atoms with Gasteiger partial charge in [0, 0.05) is 62.6 Å². The molecule has 0 aliphatic carbocycles. The van der Waals surface area contributed by atoms with Gasteiger partial charge in [0.1, 0.15) is 0 Å². The minimum Gasteiger partial charge on any atom is -0.504 e. The summed E-state index contributed by atoms with van der Waals surface area (Å²) in [5.74, 6) is -2.83. The van der Waals surface area contributed by atoms with E-state index in [1.54, 1.807) is 24.4 Å². The summed E-state index contributed by atoms with van der Waals surface area (Å²) in [6, 6.07) is 7.95. The van der Waals surface area contributed by atoms with E-state index in [-0.39, 0.29) is 22.3 Å². The number of rotatable bonds is 2. The molecule has 6 rings (SSSR count). The number of phenolic OH excluding ortho intramolecular Hbond substituents is 6. The van der Waals surface area contributed by atoms with Crippen LogP contribution in [-0.2, 0) is 0 Å². The highest BCUT2D eigenvalue weighted by atomic mass is 16.3. The van der Waals surface area contributed by atoms with Gasteiger partial charge in [0.25, 0.3) is 0 Å². The maximum absolute atomic E-state index is 11.3. The van der Waals surface area contributed by atoms with Crippen LogP contribution < -0.4 is 0 Å². The number of phenols is 6. The number of aromatic nitrogens is 3. The van der Waals surface area contributed by atoms with E-state index in [2.05, 4.69) is 15.0 Å². The Kier molecular flexibility index (Phi) is 4.01. The summed E-state index contributed by atoms with van der Waals surface area (Å²) in [5.41, 5.74) is 3.39. The first-order valence-corrected chi connectivity index (χ1v) is 10.8. The summed E-state index contributed by atoms with van der Waals surface area (Å²) < 4.78 is 0. The molecule has 3 aromatic heterocycles. The Hall–Kier alpha value is -4.92. The quantitative estimate of drug-likeness (QED) is 0.155. The van der Waals surface area contributed by atoms with Crippen molar-refractivity contribution in [1.82, 2.24) is 15.0 Å². The lowest BCUT2D eigenvalue weighted by Crippen LogP contribution is -1.91. The van der Waals surface area contributed by atoms with E-state index < -0.39 is 34.5 Å². The molecule has 0 amide bonds. The molecule has 0 unspecified atom stereocenters. The molecule has 6 aromatic rings. The second-order valence-electron chi connectivity index (χ2n) is 8.78. The molecular weight excluding hydrogens is 450 g/mol. The Morgan fingerprint density at radius 2 is 1.00 bits per heavy atom. The molecule has 9 N–H and O–H groups in total. The molecular formula is C26H21N3O6. The van der Waals surface area contributed by atoms with Crippen molar-refractivity contribution in [3.05, 3.63) is 47.9 Å². The number of hydrogen-bond acceptors (Lipinski definition) is 6. The van der Waals surface area contributed by atoms with Crippen LogP contribution >= 0.6 is 0 Å². The van der Waals surface area contributed by atoms with Gasteiger partial charge in [0.05, 0.1) is 22.1 Å². The van der Waals surface area contributed by atoms with Gasteiger partial charge in [-0.3, -0.25) is 0 Å². The van der Waals surface area contributed by atoms with Crippen LogP contribution in [0.25, 0.3) is 55.0 Å². The van der Waals surface area contributed by atoms with Crippen LogP contribution in [0, 0.1) is 13.8 Å². The standard InChI is InChI=1S/C26H21N3O6/c1-9-5-12-14(28-9)7-16(30)23(32)19(12)18-11-3-4-27-22(11)21(26(35)25(18)34)20-13-6-10(2)29-15(13)8-17(31)24(20)33/h3-8,27-35H,1-2H3. The molecule has 0 saturated carbocycles. The number of benzene rings is 3. The summed E-state index contributed by atoms with van der Waals surface area (Å²) in [6.07, 6.45) is 1.59. The Bertz CT molecular complexity index is 1710. The number of aryl methyl sites for hydroxylation is 2. The fraction of sp³-hybridized carbons (Fsp3) is 0.0769. The molecule has 0 fully saturated rings. The van der Waals surface area contributed by atoms with Crippen LogP contribution in [-0.4, -0.2) is 45.6 Å². The first-order chi connectivity index (χ1) is 16.7. The van der Waals surface area contributed by atoms with Gasteiger partial charge in [0.15, 0.2) is 34.5 Å². The molecule has 0 aliphatic heterocycles. The van der Waals surface area contributed by atoms with Crippen LogP contribution in [0.1, 0.15) is 11.4 Å². The predicted octanol–water partition coefficient (Wildman–Crippen LogP) is 5.31. The van der Waals surface area contributed by atoms with Crippen molar-refractivity contribution >= 4 is 32.7 Å². The van der Waals surface area contributed by atoms with Gasteiger partial charge in [0.2, 0.25) is 0 Å². The van der Waals surface area contributed by atoms with E-state index in [0.29, 0.717) is 32.7 Å². The molecule has 3 aromatic carbocycles. The smallest absolute Gasteiger partial charge is 0.168 e. The highest BCUT2D eigenvalue weighted by Gasteiger charge is 2.29.